The number of aliphatic hydroxyl groups excluding tert-OH is 1. The fraction of sp³-hybridized carbons (Fsp3) is 0.674. The normalized spacial score (nSPS) is 17.2. The maximum atomic E-state index is 14.1. The van der Waals surface area contributed by atoms with Crippen molar-refractivity contribution in [3.05, 3.63) is 82.3 Å². The third kappa shape index (κ3) is 32.6. The molecule has 117 heavy (non-hydrogen) atoms. The predicted octanol–water partition coefficient (Wildman–Crippen LogP) is 8.63. The summed E-state index contributed by atoms with van der Waals surface area (Å²) in [5.41, 5.74) is 7.16. The third-order valence-electron chi connectivity index (χ3n) is 22.7. The number of nitrogens with one attached hydrogen (secondary N) is 4. The molecule has 1 aromatic heterocycles. The van der Waals surface area contributed by atoms with Crippen LogP contribution < -0.4 is 27.0 Å². The van der Waals surface area contributed by atoms with E-state index in [0.717, 1.165) is 28.3 Å². The number of piperazine rings is 1. The molecular formula is C86H136N12O18S. The second kappa shape index (κ2) is 51.7. The number of likely N-dealkylation sites (N-methyl/N-ethyl adjacent to an activating group) is 2. The van der Waals surface area contributed by atoms with Gasteiger partial charge in [-0.3, -0.25) is 52.8 Å². The van der Waals surface area contributed by atoms with Crippen LogP contribution in [0.15, 0.2) is 66.2 Å². The van der Waals surface area contributed by atoms with E-state index in [9.17, 15) is 67.4 Å². The molecule has 3 aromatic rings. The first-order valence-electron chi connectivity index (χ1n) is 42.2. The number of anilines is 1. The molecule has 3 aliphatic heterocycles. The summed E-state index contributed by atoms with van der Waals surface area (Å²) in [5, 5.41) is 24.3. The highest BCUT2D eigenvalue weighted by molar-refractivity contribution is 7.09. The van der Waals surface area contributed by atoms with Crippen LogP contribution in [-0.4, -0.2) is 260 Å². The maximum absolute atomic E-state index is 14.1. The van der Waals surface area contributed by atoms with Gasteiger partial charge in [-0.05, 0) is 94.4 Å². The van der Waals surface area contributed by atoms with Crippen LogP contribution in [0.1, 0.15) is 197 Å². The molecule has 3 saturated heterocycles. The third-order valence-corrected chi connectivity index (χ3v) is 23.6. The number of carbonyl (C=O) groups excluding carboxylic acids is 13. The molecule has 30 nitrogen and oxygen atoms in total. The van der Waals surface area contributed by atoms with Gasteiger partial charge >= 0.3 is 12.1 Å². The minimum Gasteiger partial charge on any atom is -0.431 e. The summed E-state index contributed by atoms with van der Waals surface area (Å²) in [6.07, 6.45) is 3.52. The molecule has 654 valence electrons. The summed E-state index contributed by atoms with van der Waals surface area (Å²) in [6.45, 7) is 24.6. The van der Waals surface area contributed by atoms with Crippen molar-refractivity contribution >= 4 is 93.8 Å². The van der Waals surface area contributed by atoms with Gasteiger partial charge in [0.15, 0.2) is 5.78 Å². The van der Waals surface area contributed by atoms with Crippen molar-refractivity contribution < 1.29 is 87.8 Å². The van der Waals surface area contributed by atoms with E-state index in [0.29, 0.717) is 69.7 Å². The summed E-state index contributed by atoms with van der Waals surface area (Å²) in [6, 6.07) is 14.1. The van der Waals surface area contributed by atoms with Crippen LogP contribution in [0.3, 0.4) is 0 Å². The number of rotatable bonds is 48. The monoisotopic (exact) mass is 1660 g/mol. The lowest BCUT2D eigenvalue weighted by atomic mass is 9.80. The van der Waals surface area contributed by atoms with Crippen molar-refractivity contribution in [1.29, 1.82) is 0 Å². The Morgan fingerprint density at radius 1 is 0.752 bits per heavy atom. The molecule has 12 atom stereocenters. The average Bonchev–Trinajstić information content (AvgIpc) is 1.41. The van der Waals surface area contributed by atoms with Crippen molar-refractivity contribution in [2.45, 2.75) is 216 Å². The average molecular weight is 1660 g/mol. The Labute approximate surface area is 698 Å². The standard InChI is InChI=1S/C46H73N9O12.C39H59N3O6S.CH4/c1-30(2)32(5)53(7)46(64)67-42(44(62)54-23-21-52(6)22-24-54)33-10-12-35(13-11-33)50-43(61)34(9-8-18-49-45(47)63)29-36(56)41(31(3)4)51-38(58)17-25-65-27-28-66-26-19-48-37(57)16-20-55-39(59)14-15-40(55)60;1-9-26(4)37(41(7)39(47)31(25(2)3)20-27(5)44)35(48-8)23-36(46)42-18-13-16-33(42)32(24-43)28(6)34(45)22-30(38-40-17-19-49-38)21-29-14-11-10-12-15-29;/h10-13,30-32,34,41-42H,8-9,14-29H2,1-7H3,(H,48,57)(H,50,61)(H,51,58)(H3,47,49,63);10-12,14-15,17,19,25-26,28,30-33,35,37,43H,9,13,16,18,20-24H2,1-8H3;1H4/t32-,34-,41+,42?;26-,28+,30+,31-,32+,33-,35+,37-;/m10./s1/i;;1T. The van der Waals surface area contributed by atoms with E-state index >= 15 is 0 Å². The Morgan fingerprint density at radius 3 is 1.97 bits per heavy atom. The fourth-order valence-electron chi connectivity index (χ4n) is 14.9. The zero-order chi connectivity index (χ0) is 87.9. The first-order valence-corrected chi connectivity index (χ1v) is 42.1. The first kappa shape index (κ1) is 99.0. The molecule has 6 rings (SSSR count). The number of primary amides is 1. The number of Topliss-reactive ketones (excluding diaryl/α,β-unsaturated/α-hetero) is 3. The van der Waals surface area contributed by atoms with E-state index in [1.807, 2.05) is 77.1 Å². The number of ketones is 3. The van der Waals surface area contributed by atoms with Crippen LogP contribution in [0.25, 0.3) is 0 Å². The van der Waals surface area contributed by atoms with Gasteiger partial charge < -0.3 is 80.3 Å². The van der Waals surface area contributed by atoms with Crippen LogP contribution >= 0.6 is 11.3 Å². The van der Waals surface area contributed by atoms with Gasteiger partial charge in [0.2, 0.25) is 47.5 Å². The van der Waals surface area contributed by atoms with Crippen molar-refractivity contribution in [3.63, 3.8) is 0 Å². The number of hydrogen-bond acceptors (Lipinski definition) is 21. The second-order valence-corrected chi connectivity index (χ2v) is 33.0. The molecule has 31 heteroatoms. The Kier molecular flexibility index (Phi) is 43.7. The van der Waals surface area contributed by atoms with E-state index in [1.165, 1.54) is 19.2 Å². The molecular weight excluding hydrogens is 1520 g/mol. The number of amides is 11. The van der Waals surface area contributed by atoms with E-state index in [2.05, 4.69) is 57.1 Å². The summed E-state index contributed by atoms with van der Waals surface area (Å²) in [7, 11) is 8.19. The van der Waals surface area contributed by atoms with Crippen molar-refractivity contribution in [3.8, 4) is 0 Å². The van der Waals surface area contributed by atoms with E-state index in [4.69, 9.17) is 26.1 Å². The molecule has 3 fully saturated rings. The number of benzene rings is 2. The van der Waals surface area contributed by atoms with Gasteiger partial charge in [-0.15, -0.1) is 11.3 Å². The molecule has 0 radical (unpaired) electrons. The molecule has 0 aliphatic carbocycles. The summed E-state index contributed by atoms with van der Waals surface area (Å²) >= 11 is 1.55. The molecule has 0 bridgehead atoms. The molecule has 4 heterocycles. The predicted molar refractivity (Wildman–Crippen MR) is 448 cm³/mol. The number of methoxy groups -OCH3 is 1. The molecule has 11 amide bonds. The van der Waals surface area contributed by atoms with Crippen LogP contribution in [0.4, 0.5) is 15.3 Å². The largest absolute Gasteiger partial charge is 0.431 e. The highest BCUT2D eigenvalue weighted by atomic mass is 32.1. The number of nitrogens with zero attached hydrogens (tertiary/aromatic N) is 7. The number of carbonyl (C=O) groups is 13. The summed E-state index contributed by atoms with van der Waals surface area (Å²) < 4.78 is 28.6. The van der Waals surface area contributed by atoms with Gasteiger partial charge in [0, 0.05) is 191 Å². The Hall–Kier alpha value is -8.62. The zero-order valence-corrected chi connectivity index (χ0v) is 72.9. The first-order chi connectivity index (χ1) is 56.1. The Morgan fingerprint density at radius 2 is 1.40 bits per heavy atom. The molecule has 2 aromatic carbocycles. The van der Waals surface area contributed by atoms with Crippen molar-refractivity contribution in [2.24, 2.45) is 53.1 Å². The number of nitrogens with two attached hydrogens (primary N) is 1. The van der Waals surface area contributed by atoms with Gasteiger partial charge in [0.05, 0.1) is 56.0 Å². The number of aromatic nitrogens is 1. The van der Waals surface area contributed by atoms with Gasteiger partial charge in [0.1, 0.15) is 11.6 Å². The second-order valence-electron chi connectivity index (χ2n) is 32.1. The van der Waals surface area contributed by atoms with Crippen LogP contribution in [0.5, 0.6) is 0 Å². The lowest BCUT2D eigenvalue weighted by Gasteiger charge is -2.40. The fourth-order valence-corrected chi connectivity index (χ4v) is 15.6. The zero-order valence-electron chi connectivity index (χ0n) is 73.1. The van der Waals surface area contributed by atoms with Crippen molar-refractivity contribution in [1.82, 2.24) is 50.3 Å². The highest BCUT2D eigenvalue weighted by Crippen LogP contribution is 2.36. The van der Waals surface area contributed by atoms with Gasteiger partial charge in [-0.1, -0.05) is 119 Å². The molecule has 7 N–H and O–H groups in total. The number of urea groups is 1. The topological polar surface area (TPSA) is 386 Å². The number of aliphatic hydroxyl groups is 1. The van der Waals surface area contributed by atoms with Gasteiger partial charge in [-0.2, -0.15) is 0 Å². The molecule has 3 aliphatic rings. The van der Waals surface area contributed by atoms with Crippen LogP contribution in [-0.2, 0) is 78.1 Å². The van der Waals surface area contributed by atoms with Crippen LogP contribution in [0, 0.1) is 47.3 Å². The van der Waals surface area contributed by atoms with Gasteiger partial charge in [0.25, 0.3) is 5.91 Å². The molecule has 0 spiro atoms. The van der Waals surface area contributed by atoms with E-state index in [1.54, 1.807) is 86.7 Å². The smallest absolute Gasteiger partial charge is 0.410 e. The van der Waals surface area contributed by atoms with Crippen LogP contribution in [0.2, 0.25) is 0 Å². The number of ether oxygens (including phenoxy) is 4. The number of thiazole rings is 1. The maximum Gasteiger partial charge on any atom is 0.410 e. The quantitative estimate of drug-likeness (QED) is 0.0227. The summed E-state index contributed by atoms with van der Waals surface area (Å²) in [4.78, 5) is 183. The highest BCUT2D eigenvalue weighted by Gasteiger charge is 2.44. The van der Waals surface area contributed by atoms with Crippen molar-refractivity contribution in [2.75, 3.05) is 119 Å². The molecule has 0 saturated carbocycles. The lowest BCUT2D eigenvalue weighted by molar-refractivity contribution is -0.148. The van der Waals surface area contributed by atoms with Gasteiger partial charge in [-0.25, -0.2) is 14.6 Å². The number of hydrogen-bond donors (Lipinski definition) is 6. The SMILES string of the molecule is CC(C)[C@H](NC(=O)CCOCCOCCNC(=O)CCN1C(=O)CCC1=O)C(=O)C[C@@H](CCCNC(N)=O)C(=O)Nc1ccc(C(OC(=O)N(C)[C@H](C)C(C)C)C(=O)N2CCN(C)CC2)cc1.CC[C@H](C)[C@@H]([C@@H](CC(=O)N1CCC[C@H]1[C@H](CO)[C@@H](C)C(=O)C[C@@H](Cc1ccccc1)c1nccs1)OC)N(C)C(=O)[C@@H](CC(C)=O)C(C)C.[3H]C. The van der Waals surface area contributed by atoms with E-state index < -0.39 is 65.9 Å². The molecule has 1 unspecified atom stereocenters. The Bertz CT molecular complexity index is 3630. The minimum absolute atomic E-state index is 0.0110. The number of likely N-dealkylation sites (tertiary alicyclic amines) is 2. The Balaban J connectivity index is 0.000000508. The van der Waals surface area contributed by atoms with E-state index in [-0.39, 0.29) is 205 Å². The summed E-state index contributed by atoms with van der Waals surface area (Å²) in [5.74, 6) is -4.98. The minimum atomic E-state index is -1.23. The lowest BCUT2D eigenvalue weighted by Crippen LogP contribution is -2.53. The number of imide groups is 1.